The minimum atomic E-state index is -4.33. The Labute approximate surface area is 225 Å². The molecule has 1 saturated heterocycles. The largest absolute Gasteiger partial charge is 0.495 e. The summed E-state index contributed by atoms with van der Waals surface area (Å²) in [6.07, 6.45) is -0.0233. The second-order valence-electron chi connectivity index (χ2n) is 9.31. The standard InChI is InChI=1S/C28H33F3N4O2S/c1-34-12-10-23(27(17-34)37-3)33-24-14-19(15-25-21(24)9-13-35(25)18-28(29,30)31)6-5-11-32-22-8-7-20(38-4)16-26(22)36-2/h7-9,13-16,23,27,32-33H,10-12,17-18H2,1-4H3. The Kier molecular flexibility index (Phi) is 9.03. The summed E-state index contributed by atoms with van der Waals surface area (Å²) in [5, 5.41) is 7.54. The van der Waals surface area contributed by atoms with E-state index in [1.54, 1.807) is 38.1 Å². The van der Waals surface area contributed by atoms with E-state index in [1.165, 1.54) is 10.8 Å². The maximum Gasteiger partial charge on any atom is 0.406 e. The number of piperidine rings is 1. The fraction of sp³-hybridized carbons (Fsp3) is 0.429. The zero-order chi connectivity index (χ0) is 27.3. The van der Waals surface area contributed by atoms with Gasteiger partial charge >= 0.3 is 6.18 Å². The fourth-order valence-electron chi connectivity index (χ4n) is 4.72. The first-order chi connectivity index (χ1) is 18.2. The Morgan fingerprint density at radius 3 is 2.66 bits per heavy atom. The predicted molar refractivity (Wildman–Crippen MR) is 148 cm³/mol. The van der Waals surface area contributed by atoms with Crippen LogP contribution in [0.1, 0.15) is 12.0 Å². The molecule has 204 valence electrons. The lowest BCUT2D eigenvalue weighted by molar-refractivity contribution is -0.139. The van der Waals surface area contributed by atoms with Crippen LogP contribution in [-0.2, 0) is 11.3 Å². The SMILES string of the molecule is COc1cc(SC)ccc1NCC#Cc1cc(NC2CCN(C)CC2OC)c2ccn(CC(F)(F)F)c2c1. The van der Waals surface area contributed by atoms with E-state index < -0.39 is 12.7 Å². The molecule has 1 aliphatic rings. The van der Waals surface area contributed by atoms with Crippen molar-refractivity contribution in [2.24, 2.45) is 0 Å². The van der Waals surface area contributed by atoms with Gasteiger partial charge in [-0.1, -0.05) is 11.8 Å². The Morgan fingerprint density at radius 1 is 1.13 bits per heavy atom. The van der Waals surface area contributed by atoms with E-state index in [2.05, 4.69) is 34.4 Å². The third kappa shape index (κ3) is 6.90. The molecule has 0 radical (unpaired) electrons. The molecule has 0 saturated carbocycles. The maximum atomic E-state index is 13.3. The fourth-order valence-corrected chi connectivity index (χ4v) is 5.15. The molecule has 2 aromatic carbocycles. The van der Waals surface area contributed by atoms with Gasteiger partial charge in [-0.25, -0.2) is 0 Å². The number of methoxy groups -OCH3 is 2. The van der Waals surface area contributed by atoms with Gasteiger partial charge in [0.1, 0.15) is 12.3 Å². The van der Waals surface area contributed by atoms with Crippen LogP contribution in [0.4, 0.5) is 24.5 Å². The van der Waals surface area contributed by atoms with Crippen LogP contribution in [0.3, 0.4) is 0 Å². The quantitative estimate of drug-likeness (QED) is 0.286. The molecular formula is C28H33F3N4O2S. The molecule has 1 aromatic heterocycles. The molecule has 6 nitrogen and oxygen atoms in total. The normalized spacial score (nSPS) is 18.2. The lowest BCUT2D eigenvalue weighted by Crippen LogP contribution is -2.49. The number of rotatable bonds is 8. The van der Waals surface area contributed by atoms with Gasteiger partial charge < -0.3 is 29.6 Å². The first kappa shape index (κ1) is 28.0. The van der Waals surface area contributed by atoms with E-state index in [4.69, 9.17) is 9.47 Å². The van der Waals surface area contributed by atoms with E-state index in [9.17, 15) is 13.2 Å². The van der Waals surface area contributed by atoms with Crippen LogP contribution < -0.4 is 15.4 Å². The second-order valence-corrected chi connectivity index (χ2v) is 10.2. The number of anilines is 2. The lowest BCUT2D eigenvalue weighted by Gasteiger charge is -2.36. The van der Waals surface area contributed by atoms with Gasteiger partial charge in [0.2, 0.25) is 0 Å². The van der Waals surface area contributed by atoms with Crippen molar-refractivity contribution in [1.29, 1.82) is 0 Å². The van der Waals surface area contributed by atoms with Crippen molar-refractivity contribution < 1.29 is 22.6 Å². The van der Waals surface area contributed by atoms with Crippen LogP contribution >= 0.6 is 11.8 Å². The molecule has 0 amide bonds. The zero-order valence-corrected chi connectivity index (χ0v) is 22.8. The predicted octanol–water partition coefficient (Wildman–Crippen LogP) is 5.53. The number of hydrogen-bond donors (Lipinski definition) is 2. The van der Waals surface area contributed by atoms with Gasteiger partial charge in [-0.15, -0.1) is 11.8 Å². The number of hydrogen-bond acceptors (Lipinski definition) is 6. The molecule has 0 bridgehead atoms. The van der Waals surface area contributed by atoms with Crippen LogP contribution in [0, 0.1) is 11.8 Å². The smallest absolute Gasteiger partial charge is 0.406 e. The number of likely N-dealkylation sites (N-methyl/N-ethyl adjacent to an activating group) is 1. The molecule has 2 N–H and O–H groups in total. The van der Waals surface area contributed by atoms with Crippen molar-refractivity contribution in [3.05, 3.63) is 48.2 Å². The molecule has 10 heteroatoms. The Balaban J connectivity index is 1.61. The van der Waals surface area contributed by atoms with Crippen LogP contribution in [-0.4, -0.2) is 74.9 Å². The van der Waals surface area contributed by atoms with Crippen molar-refractivity contribution in [2.45, 2.75) is 36.2 Å². The summed E-state index contributed by atoms with van der Waals surface area (Å²) in [4.78, 5) is 3.30. The summed E-state index contributed by atoms with van der Waals surface area (Å²) in [6, 6.07) is 11.3. The van der Waals surface area contributed by atoms with Gasteiger partial charge in [0, 0.05) is 41.4 Å². The monoisotopic (exact) mass is 546 g/mol. The van der Waals surface area contributed by atoms with Crippen molar-refractivity contribution in [2.75, 3.05) is 57.8 Å². The number of fused-ring (bicyclic) bond motifs is 1. The minimum Gasteiger partial charge on any atom is -0.495 e. The molecule has 38 heavy (non-hydrogen) atoms. The summed E-state index contributed by atoms with van der Waals surface area (Å²) < 4.78 is 52.2. The van der Waals surface area contributed by atoms with E-state index in [0.717, 1.165) is 46.9 Å². The zero-order valence-electron chi connectivity index (χ0n) is 22.0. The third-order valence-electron chi connectivity index (χ3n) is 6.65. The maximum absolute atomic E-state index is 13.3. The second kappa shape index (κ2) is 12.2. The van der Waals surface area contributed by atoms with E-state index in [1.807, 2.05) is 30.5 Å². The van der Waals surface area contributed by atoms with Gasteiger partial charge in [0.05, 0.1) is 37.0 Å². The van der Waals surface area contributed by atoms with Crippen LogP contribution in [0.5, 0.6) is 5.75 Å². The number of nitrogens with one attached hydrogen (secondary N) is 2. The van der Waals surface area contributed by atoms with Crippen molar-refractivity contribution in [3.8, 4) is 17.6 Å². The number of likely N-dealkylation sites (tertiary alicyclic amines) is 1. The summed E-state index contributed by atoms with van der Waals surface area (Å²) in [7, 11) is 5.36. The van der Waals surface area contributed by atoms with Gasteiger partial charge in [-0.05, 0) is 62.7 Å². The average Bonchev–Trinajstić information content (AvgIpc) is 3.28. The van der Waals surface area contributed by atoms with Crippen LogP contribution in [0.15, 0.2) is 47.5 Å². The topological polar surface area (TPSA) is 50.7 Å². The van der Waals surface area contributed by atoms with Crippen LogP contribution in [0.25, 0.3) is 10.9 Å². The molecule has 1 fully saturated rings. The van der Waals surface area contributed by atoms with E-state index in [-0.39, 0.29) is 12.1 Å². The highest BCUT2D eigenvalue weighted by molar-refractivity contribution is 7.98. The molecule has 3 aromatic rings. The highest BCUT2D eigenvalue weighted by Gasteiger charge is 2.30. The van der Waals surface area contributed by atoms with Crippen molar-refractivity contribution in [3.63, 3.8) is 0 Å². The Hall–Kier alpha value is -3.00. The Morgan fingerprint density at radius 2 is 1.95 bits per heavy atom. The number of alkyl halides is 3. The minimum absolute atomic E-state index is 0.0342. The van der Waals surface area contributed by atoms with Gasteiger partial charge in [0.25, 0.3) is 0 Å². The molecule has 2 heterocycles. The number of nitrogens with zero attached hydrogens (tertiary/aromatic N) is 2. The molecule has 2 unspecified atom stereocenters. The molecule has 1 aliphatic heterocycles. The van der Waals surface area contributed by atoms with E-state index in [0.29, 0.717) is 17.6 Å². The highest BCUT2D eigenvalue weighted by Crippen LogP contribution is 2.31. The number of halogens is 3. The molecule has 4 rings (SSSR count). The van der Waals surface area contributed by atoms with Crippen molar-refractivity contribution >= 4 is 34.0 Å². The number of thioether (sulfide) groups is 1. The van der Waals surface area contributed by atoms with Gasteiger partial charge in [-0.2, -0.15) is 13.2 Å². The summed E-state index contributed by atoms with van der Waals surface area (Å²) in [5.41, 5.74) is 2.70. The number of ether oxygens (including phenoxy) is 2. The molecular weight excluding hydrogens is 513 g/mol. The van der Waals surface area contributed by atoms with Crippen LogP contribution in [0.2, 0.25) is 0 Å². The molecule has 0 aliphatic carbocycles. The summed E-state index contributed by atoms with van der Waals surface area (Å²) in [5.74, 6) is 6.95. The van der Waals surface area contributed by atoms with Gasteiger partial charge in [-0.3, -0.25) is 0 Å². The summed E-state index contributed by atoms with van der Waals surface area (Å²) >= 11 is 1.63. The molecule has 0 spiro atoms. The van der Waals surface area contributed by atoms with Crippen molar-refractivity contribution in [1.82, 2.24) is 9.47 Å². The number of aromatic nitrogens is 1. The first-order valence-electron chi connectivity index (χ1n) is 12.3. The summed E-state index contributed by atoms with van der Waals surface area (Å²) in [6.45, 7) is 0.969. The lowest BCUT2D eigenvalue weighted by atomic mass is 10.0. The number of benzene rings is 2. The average molecular weight is 547 g/mol. The van der Waals surface area contributed by atoms with Gasteiger partial charge in [0.15, 0.2) is 0 Å². The highest BCUT2D eigenvalue weighted by atomic mass is 32.2. The first-order valence-corrected chi connectivity index (χ1v) is 13.6. The Bertz CT molecular complexity index is 1320. The third-order valence-corrected chi connectivity index (χ3v) is 7.38. The molecule has 2 atom stereocenters. The van der Waals surface area contributed by atoms with E-state index >= 15 is 0 Å².